The number of amides is 1. The summed E-state index contributed by atoms with van der Waals surface area (Å²) < 4.78 is 5.28. The molecule has 2 aliphatic heterocycles. The molecule has 5 nitrogen and oxygen atoms in total. The molecule has 1 amide bonds. The van der Waals surface area contributed by atoms with E-state index in [1.54, 1.807) is 7.11 Å². The first-order valence-corrected chi connectivity index (χ1v) is 6.01. The zero-order valence-electron chi connectivity index (χ0n) is 10.2. The summed E-state index contributed by atoms with van der Waals surface area (Å²) in [6, 6.07) is 7.45. The lowest BCUT2D eigenvalue weighted by Gasteiger charge is -2.17. The van der Waals surface area contributed by atoms with Gasteiger partial charge in [-0.1, -0.05) is 12.1 Å². The Hall–Kier alpha value is -1.88. The van der Waals surface area contributed by atoms with Crippen LogP contribution in [0.25, 0.3) is 0 Å². The van der Waals surface area contributed by atoms with Gasteiger partial charge in [0.15, 0.2) is 0 Å². The normalized spacial score (nSPS) is 26.3. The van der Waals surface area contributed by atoms with Gasteiger partial charge in [-0.3, -0.25) is 4.79 Å². The molecule has 0 radical (unpaired) electrons. The predicted molar refractivity (Wildman–Crippen MR) is 67.9 cm³/mol. The number of methoxy groups -OCH3 is 1. The number of hydrogen-bond acceptors (Lipinski definition) is 4. The zero-order valence-corrected chi connectivity index (χ0v) is 10.2. The SMILES string of the molecule is COc1ccccc1C1=N[C@@]2(CCNC2)NC1=O. The van der Waals surface area contributed by atoms with Crippen LogP contribution in [-0.4, -0.2) is 37.5 Å². The minimum Gasteiger partial charge on any atom is -0.496 e. The Kier molecular flexibility index (Phi) is 2.56. The van der Waals surface area contributed by atoms with Crippen molar-refractivity contribution in [3.63, 3.8) is 0 Å². The van der Waals surface area contributed by atoms with Crippen molar-refractivity contribution < 1.29 is 9.53 Å². The maximum atomic E-state index is 12.1. The lowest BCUT2D eigenvalue weighted by molar-refractivity contribution is -0.115. The number of rotatable bonds is 2. The molecular formula is C13H15N3O2. The van der Waals surface area contributed by atoms with Gasteiger partial charge in [-0.25, -0.2) is 4.99 Å². The fourth-order valence-corrected chi connectivity index (χ4v) is 2.47. The van der Waals surface area contributed by atoms with E-state index in [0.717, 1.165) is 18.5 Å². The van der Waals surface area contributed by atoms with E-state index < -0.39 is 5.66 Å². The minimum absolute atomic E-state index is 0.122. The molecule has 3 rings (SSSR count). The summed E-state index contributed by atoms with van der Waals surface area (Å²) in [4.78, 5) is 16.7. The lowest BCUT2D eigenvalue weighted by Crippen LogP contribution is -2.44. The first-order chi connectivity index (χ1) is 8.74. The first kappa shape index (κ1) is 11.2. The molecule has 0 aromatic heterocycles. The van der Waals surface area contributed by atoms with E-state index in [1.807, 2.05) is 24.3 Å². The van der Waals surface area contributed by atoms with Gasteiger partial charge in [0.05, 0.1) is 7.11 Å². The molecule has 0 bridgehead atoms. The second-order valence-electron chi connectivity index (χ2n) is 4.57. The van der Waals surface area contributed by atoms with Gasteiger partial charge < -0.3 is 15.4 Å². The van der Waals surface area contributed by atoms with E-state index in [4.69, 9.17) is 4.74 Å². The van der Waals surface area contributed by atoms with Gasteiger partial charge in [-0.15, -0.1) is 0 Å². The largest absolute Gasteiger partial charge is 0.496 e. The molecule has 2 aliphatic rings. The summed E-state index contributed by atoms with van der Waals surface area (Å²) in [6.45, 7) is 1.57. The molecule has 2 N–H and O–H groups in total. The van der Waals surface area contributed by atoms with E-state index in [2.05, 4.69) is 15.6 Å². The van der Waals surface area contributed by atoms with Crippen LogP contribution in [0, 0.1) is 0 Å². The summed E-state index contributed by atoms with van der Waals surface area (Å²) in [6.07, 6.45) is 0.831. The van der Waals surface area contributed by atoms with Crippen molar-refractivity contribution in [2.45, 2.75) is 12.1 Å². The molecule has 1 spiro atoms. The standard InChI is InChI=1S/C13H15N3O2/c1-18-10-5-3-2-4-9(10)11-12(17)16-13(15-11)6-7-14-8-13/h2-5,14H,6-8H2,1H3,(H,16,17)/t13-/m0/s1. The van der Waals surface area contributed by atoms with Crippen molar-refractivity contribution in [2.75, 3.05) is 20.2 Å². The number of carbonyl (C=O) groups is 1. The summed E-state index contributed by atoms with van der Waals surface area (Å²) in [7, 11) is 1.60. The molecule has 1 saturated heterocycles. The number of nitrogens with zero attached hydrogens (tertiary/aromatic N) is 1. The van der Waals surface area contributed by atoms with E-state index in [1.165, 1.54) is 0 Å². The Morgan fingerprint density at radius 2 is 2.22 bits per heavy atom. The van der Waals surface area contributed by atoms with Crippen LogP contribution in [0.4, 0.5) is 0 Å². The maximum absolute atomic E-state index is 12.1. The fourth-order valence-electron chi connectivity index (χ4n) is 2.47. The number of nitrogens with one attached hydrogen (secondary N) is 2. The molecule has 0 aliphatic carbocycles. The van der Waals surface area contributed by atoms with Crippen LogP contribution in [0.5, 0.6) is 5.75 Å². The van der Waals surface area contributed by atoms with Crippen molar-refractivity contribution in [1.82, 2.24) is 10.6 Å². The molecule has 0 saturated carbocycles. The number of para-hydroxylation sites is 1. The van der Waals surface area contributed by atoms with Gasteiger partial charge in [0.25, 0.3) is 5.91 Å². The monoisotopic (exact) mass is 245 g/mol. The van der Waals surface area contributed by atoms with Crippen LogP contribution >= 0.6 is 0 Å². The molecular weight excluding hydrogens is 230 g/mol. The van der Waals surface area contributed by atoms with Crippen molar-refractivity contribution >= 4 is 11.6 Å². The number of ether oxygens (including phenoxy) is 1. The highest BCUT2D eigenvalue weighted by atomic mass is 16.5. The van der Waals surface area contributed by atoms with E-state index in [0.29, 0.717) is 18.0 Å². The van der Waals surface area contributed by atoms with Gasteiger partial charge in [-0.05, 0) is 18.7 Å². The molecule has 18 heavy (non-hydrogen) atoms. The van der Waals surface area contributed by atoms with Crippen molar-refractivity contribution in [1.29, 1.82) is 0 Å². The van der Waals surface area contributed by atoms with Crippen LogP contribution in [0.3, 0.4) is 0 Å². The highest BCUT2D eigenvalue weighted by Gasteiger charge is 2.42. The number of hydrogen-bond donors (Lipinski definition) is 2. The molecule has 1 aromatic rings. The number of benzene rings is 1. The van der Waals surface area contributed by atoms with Crippen molar-refractivity contribution in [3.8, 4) is 5.75 Å². The van der Waals surface area contributed by atoms with E-state index in [9.17, 15) is 4.79 Å². The second kappa shape index (κ2) is 4.10. The fraction of sp³-hybridized carbons (Fsp3) is 0.385. The molecule has 1 fully saturated rings. The Morgan fingerprint density at radius 3 is 2.94 bits per heavy atom. The molecule has 2 heterocycles. The Balaban J connectivity index is 2.03. The highest BCUT2D eigenvalue weighted by Crippen LogP contribution is 2.26. The quantitative estimate of drug-likeness (QED) is 0.788. The van der Waals surface area contributed by atoms with Crippen LogP contribution in [-0.2, 0) is 4.79 Å². The Morgan fingerprint density at radius 1 is 1.39 bits per heavy atom. The summed E-state index contributed by atoms with van der Waals surface area (Å²) in [5.41, 5.74) is 0.769. The average Bonchev–Trinajstić information content (AvgIpc) is 2.97. The summed E-state index contributed by atoms with van der Waals surface area (Å²) in [5.74, 6) is 0.553. The van der Waals surface area contributed by atoms with Gasteiger partial charge in [0.1, 0.15) is 17.1 Å². The maximum Gasteiger partial charge on any atom is 0.272 e. The minimum atomic E-state index is -0.451. The van der Waals surface area contributed by atoms with E-state index >= 15 is 0 Å². The van der Waals surface area contributed by atoms with Crippen LogP contribution < -0.4 is 15.4 Å². The third-order valence-electron chi connectivity index (χ3n) is 3.38. The molecule has 5 heteroatoms. The Bertz CT molecular complexity index is 519. The van der Waals surface area contributed by atoms with Crippen LogP contribution in [0.1, 0.15) is 12.0 Å². The topological polar surface area (TPSA) is 62.7 Å². The highest BCUT2D eigenvalue weighted by molar-refractivity contribution is 6.47. The predicted octanol–water partition coefficient (Wildman–Crippen LogP) is 0.304. The second-order valence-corrected chi connectivity index (χ2v) is 4.57. The number of aliphatic imine (C=N–C) groups is 1. The average molecular weight is 245 g/mol. The van der Waals surface area contributed by atoms with Gasteiger partial charge >= 0.3 is 0 Å². The van der Waals surface area contributed by atoms with Crippen LogP contribution in [0.15, 0.2) is 29.3 Å². The summed E-state index contributed by atoms with van der Waals surface area (Å²) in [5, 5.41) is 6.19. The molecule has 0 unspecified atom stereocenters. The van der Waals surface area contributed by atoms with Gasteiger partial charge in [-0.2, -0.15) is 0 Å². The molecule has 94 valence electrons. The zero-order chi connectivity index (χ0) is 12.6. The third-order valence-corrected chi connectivity index (χ3v) is 3.38. The van der Waals surface area contributed by atoms with E-state index in [-0.39, 0.29) is 5.91 Å². The first-order valence-electron chi connectivity index (χ1n) is 6.01. The lowest BCUT2D eigenvalue weighted by atomic mass is 10.1. The third kappa shape index (κ3) is 1.67. The summed E-state index contributed by atoms with van der Waals surface area (Å²) >= 11 is 0. The smallest absolute Gasteiger partial charge is 0.272 e. The van der Waals surface area contributed by atoms with Gasteiger partial charge in [0, 0.05) is 18.5 Å². The van der Waals surface area contributed by atoms with Crippen molar-refractivity contribution in [2.24, 2.45) is 4.99 Å². The Labute approximate surface area is 105 Å². The molecule has 1 atom stereocenters. The molecule has 1 aromatic carbocycles. The van der Waals surface area contributed by atoms with Crippen LogP contribution in [0.2, 0.25) is 0 Å². The number of carbonyl (C=O) groups excluding carboxylic acids is 1. The van der Waals surface area contributed by atoms with Crippen molar-refractivity contribution in [3.05, 3.63) is 29.8 Å². The van der Waals surface area contributed by atoms with Gasteiger partial charge in [0.2, 0.25) is 0 Å².